The van der Waals surface area contributed by atoms with Crippen LogP contribution in [0.1, 0.15) is 52.9 Å². The van der Waals surface area contributed by atoms with Crippen LogP contribution in [0, 0.1) is 23.2 Å². The minimum Gasteiger partial charge on any atom is -0.396 e. The molecule has 2 aliphatic carbocycles. The number of aliphatic hydroxyl groups excluding tert-OH is 1. The lowest BCUT2D eigenvalue weighted by Gasteiger charge is -2.55. The molecule has 0 aromatic rings. The highest BCUT2D eigenvalue weighted by Crippen LogP contribution is 2.59. The predicted octanol–water partition coefficient (Wildman–Crippen LogP) is 2.99. The molecule has 0 spiro atoms. The summed E-state index contributed by atoms with van der Waals surface area (Å²) < 4.78 is 5.87. The van der Waals surface area contributed by atoms with E-state index in [1.54, 1.807) is 0 Å². The first-order chi connectivity index (χ1) is 7.96. The number of aliphatic hydroxyl groups is 1. The summed E-state index contributed by atoms with van der Waals surface area (Å²) in [5, 5.41) is 9.62. The van der Waals surface area contributed by atoms with Crippen molar-refractivity contribution in [2.75, 3.05) is 6.61 Å². The molecule has 0 radical (unpaired) electrons. The molecule has 0 aromatic carbocycles. The highest BCUT2D eigenvalue weighted by atomic mass is 16.6. The van der Waals surface area contributed by atoms with Crippen LogP contribution in [0.2, 0.25) is 0 Å². The van der Waals surface area contributed by atoms with E-state index < -0.39 is 0 Å². The maximum absolute atomic E-state index is 9.62. The maximum atomic E-state index is 9.62. The van der Waals surface area contributed by atoms with Gasteiger partial charge in [-0.25, -0.2) is 0 Å². The zero-order valence-electron chi connectivity index (χ0n) is 11.4. The smallest absolute Gasteiger partial charge is 0.0920 e. The van der Waals surface area contributed by atoms with Gasteiger partial charge in [0.25, 0.3) is 0 Å². The average Bonchev–Trinajstić information content (AvgIpc) is 2.87. The van der Waals surface area contributed by atoms with Gasteiger partial charge in [0.2, 0.25) is 0 Å². The van der Waals surface area contributed by atoms with Crippen LogP contribution in [0.15, 0.2) is 0 Å². The summed E-state index contributed by atoms with van der Waals surface area (Å²) in [6.45, 7) is 7.44. The van der Waals surface area contributed by atoms with Crippen molar-refractivity contribution in [3.63, 3.8) is 0 Å². The molecule has 3 fully saturated rings. The van der Waals surface area contributed by atoms with Gasteiger partial charge in [0, 0.05) is 6.61 Å². The average molecular weight is 238 g/mol. The van der Waals surface area contributed by atoms with Crippen molar-refractivity contribution in [1.29, 1.82) is 0 Å². The lowest BCUT2D eigenvalue weighted by molar-refractivity contribution is -0.0692. The fraction of sp³-hybridized carbons (Fsp3) is 1.00. The predicted molar refractivity (Wildman–Crippen MR) is 67.7 cm³/mol. The minimum absolute atomic E-state index is 0.181. The Bertz CT molecular complexity index is 312. The third kappa shape index (κ3) is 1.84. The molecular formula is C15H26O2. The first-order valence-electron chi connectivity index (χ1n) is 7.25. The van der Waals surface area contributed by atoms with E-state index >= 15 is 0 Å². The molecule has 3 rings (SSSR count). The zero-order chi connectivity index (χ0) is 12.3. The van der Waals surface area contributed by atoms with Crippen molar-refractivity contribution >= 4 is 0 Å². The van der Waals surface area contributed by atoms with Crippen LogP contribution in [0.5, 0.6) is 0 Å². The number of epoxide rings is 1. The Balaban J connectivity index is 1.76. The monoisotopic (exact) mass is 238 g/mol. The van der Waals surface area contributed by atoms with E-state index in [1.165, 1.54) is 19.3 Å². The second-order valence-electron chi connectivity index (χ2n) is 7.44. The molecule has 3 aliphatic rings. The normalized spacial score (nSPS) is 52.2. The maximum Gasteiger partial charge on any atom is 0.0920 e. The Hall–Kier alpha value is -0.0800. The first-order valence-corrected chi connectivity index (χ1v) is 7.25. The fourth-order valence-corrected chi connectivity index (χ4v) is 4.54. The second kappa shape index (κ2) is 3.71. The van der Waals surface area contributed by atoms with Crippen molar-refractivity contribution < 1.29 is 9.84 Å². The van der Waals surface area contributed by atoms with Gasteiger partial charge in [-0.15, -0.1) is 0 Å². The van der Waals surface area contributed by atoms with Crippen LogP contribution in [0.3, 0.4) is 0 Å². The largest absolute Gasteiger partial charge is 0.396 e. The summed E-state index contributed by atoms with van der Waals surface area (Å²) in [6.07, 6.45) is 6.63. The quantitative estimate of drug-likeness (QED) is 0.712. The van der Waals surface area contributed by atoms with Gasteiger partial charge in [-0.2, -0.15) is 0 Å². The van der Waals surface area contributed by atoms with Crippen molar-refractivity contribution in [2.24, 2.45) is 23.2 Å². The molecule has 0 bridgehead atoms. The molecule has 98 valence electrons. The van der Waals surface area contributed by atoms with Gasteiger partial charge < -0.3 is 9.84 Å². The molecule has 1 saturated heterocycles. The van der Waals surface area contributed by atoms with Crippen LogP contribution < -0.4 is 0 Å². The summed E-state index contributed by atoms with van der Waals surface area (Å²) in [5.41, 5.74) is 0.670. The fourth-order valence-electron chi connectivity index (χ4n) is 4.54. The van der Waals surface area contributed by atoms with Gasteiger partial charge in [-0.05, 0) is 62.2 Å². The van der Waals surface area contributed by atoms with Gasteiger partial charge >= 0.3 is 0 Å². The summed E-state index contributed by atoms with van der Waals surface area (Å²) in [6, 6.07) is 0. The van der Waals surface area contributed by atoms with Gasteiger partial charge in [0.1, 0.15) is 0 Å². The van der Waals surface area contributed by atoms with E-state index in [2.05, 4.69) is 20.8 Å². The van der Waals surface area contributed by atoms with Crippen LogP contribution in [0.4, 0.5) is 0 Å². The van der Waals surface area contributed by atoms with Crippen molar-refractivity contribution in [3.8, 4) is 0 Å². The molecule has 1 N–H and O–H groups in total. The van der Waals surface area contributed by atoms with Crippen molar-refractivity contribution in [3.05, 3.63) is 0 Å². The van der Waals surface area contributed by atoms with E-state index in [1.807, 2.05) is 0 Å². The zero-order valence-corrected chi connectivity index (χ0v) is 11.4. The Kier molecular flexibility index (Phi) is 2.61. The Morgan fingerprint density at radius 1 is 1.18 bits per heavy atom. The van der Waals surface area contributed by atoms with Crippen LogP contribution in [-0.4, -0.2) is 23.4 Å². The molecule has 0 amide bonds. The molecule has 2 saturated carbocycles. The van der Waals surface area contributed by atoms with Crippen molar-refractivity contribution in [2.45, 2.75) is 64.6 Å². The molecule has 2 heteroatoms. The van der Waals surface area contributed by atoms with Crippen LogP contribution in [-0.2, 0) is 4.74 Å². The molecule has 17 heavy (non-hydrogen) atoms. The third-order valence-electron chi connectivity index (χ3n) is 5.91. The van der Waals surface area contributed by atoms with Crippen molar-refractivity contribution in [1.82, 2.24) is 0 Å². The first kappa shape index (κ1) is 12.0. The summed E-state index contributed by atoms with van der Waals surface area (Å²) in [7, 11) is 0. The van der Waals surface area contributed by atoms with Gasteiger partial charge in [-0.3, -0.25) is 0 Å². The standard InChI is InChI=1S/C15H26O2/c1-14(2)8-11-10(9-16)4-5-13-15(3,17-13)7-6-12(11)14/h10-13,16H,4-9H2,1-3H3/t10-,11+,12+,13+,15+/m0/s1. The molecular weight excluding hydrogens is 212 g/mol. The van der Waals surface area contributed by atoms with Crippen LogP contribution >= 0.6 is 0 Å². The summed E-state index contributed by atoms with van der Waals surface area (Å²) in [5.74, 6) is 2.11. The molecule has 2 nitrogen and oxygen atoms in total. The highest BCUT2D eigenvalue weighted by molar-refractivity contribution is 5.05. The lowest BCUT2D eigenvalue weighted by Crippen LogP contribution is -2.48. The van der Waals surface area contributed by atoms with E-state index in [4.69, 9.17) is 4.74 Å². The molecule has 0 aromatic heterocycles. The Labute approximate surface area is 105 Å². The topological polar surface area (TPSA) is 32.8 Å². The summed E-state index contributed by atoms with van der Waals surface area (Å²) in [4.78, 5) is 0. The van der Waals surface area contributed by atoms with Crippen LogP contribution in [0.25, 0.3) is 0 Å². The molecule has 1 heterocycles. The van der Waals surface area contributed by atoms with E-state index in [0.717, 1.165) is 24.7 Å². The minimum atomic E-state index is 0.181. The number of hydrogen-bond acceptors (Lipinski definition) is 2. The van der Waals surface area contributed by atoms with E-state index in [9.17, 15) is 5.11 Å². The van der Waals surface area contributed by atoms with E-state index in [0.29, 0.717) is 24.0 Å². The highest BCUT2D eigenvalue weighted by Gasteiger charge is 2.56. The Morgan fingerprint density at radius 2 is 1.94 bits per heavy atom. The van der Waals surface area contributed by atoms with Gasteiger partial charge in [-0.1, -0.05) is 13.8 Å². The summed E-state index contributed by atoms with van der Waals surface area (Å²) >= 11 is 0. The third-order valence-corrected chi connectivity index (χ3v) is 5.91. The molecule has 5 atom stereocenters. The number of rotatable bonds is 1. The molecule has 0 unspecified atom stereocenters. The lowest BCUT2D eigenvalue weighted by atomic mass is 9.51. The number of hydrogen-bond donors (Lipinski definition) is 1. The van der Waals surface area contributed by atoms with E-state index in [-0.39, 0.29) is 5.60 Å². The number of ether oxygens (including phenoxy) is 1. The SMILES string of the molecule is CC1(C)C[C@@H]2[C@H](CO)CC[C@H]3O[C@]3(C)CC[C@H]21. The molecule has 1 aliphatic heterocycles. The Morgan fingerprint density at radius 3 is 2.59 bits per heavy atom. The number of fused-ring (bicyclic) bond motifs is 2. The van der Waals surface area contributed by atoms with Gasteiger partial charge in [0.05, 0.1) is 11.7 Å². The van der Waals surface area contributed by atoms with Gasteiger partial charge in [0.15, 0.2) is 0 Å². The second-order valence-corrected chi connectivity index (χ2v) is 7.44.